The first-order chi connectivity index (χ1) is 10.9. The van der Waals surface area contributed by atoms with Gasteiger partial charge in [0, 0.05) is 38.4 Å². The number of likely N-dealkylation sites (tertiary alicyclic amines) is 1. The molecule has 1 spiro atoms. The van der Waals surface area contributed by atoms with Gasteiger partial charge >= 0.3 is 0 Å². The molecule has 0 saturated carbocycles. The molecule has 3 rings (SSSR count). The van der Waals surface area contributed by atoms with Gasteiger partial charge in [0.15, 0.2) is 0 Å². The number of carbonyl (C=O) groups is 1. The highest BCUT2D eigenvalue weighted by atomic mass is 32.2. The zero-order valence-corrected chi connectivity index (χ0v) is 14.1. The summed E-state index contributed by atoms with van der Waals surface area (Å²) in [6.07, 6.45) is 9.63. The van der Waals surface area contributed by atoms with Crippen molar-refractivity contribution in [3.63, 3.8) is 0 Å². The lowest BCUT2D eigenvalue weighted by atomic mass is 9.97. The van der Waals surface area contributed by atoms with E-state index < -0.39 is 10.0 Å². The number of sulfonamides is 1. The second-order valence-electron chi connectivity index (χ2n) is 6.48. The van der Waals surface area contributed by atoms with Crippen LogP contribution in [-0.4, -0.2) is 64.9 Å². The number of rotatable bonds is 4. The number of aryl methyl sites for hydroxylation is 1. The highest BCUT2D eigenvalue weighted by Crippen LogP contribution is 2.39. The minimum Gasteiger partial charge on any atom is -0.341 e. The van der Waals surface area contributed by atoms with E-state index in [1.165, 1.54) is 12.6 Å². The van der Waals surface area contributed by atoms with E-state index in [4.69, 9.17) is 0 Å². The molecule has 0 N–H and O–H groups in total. The van der Waals surface area contributed by atoms with Crippen LogP contribution in [0.5, 0.6) is 0 Å². The van der Waals surface area contributed by atoms with Crippen LogP contribution in [0.1, 0.15) is 31.2 Å². The molecule has 1 aromatic heterocycles. The van der Waals surface area contributed by atoms with E-state index in [2.05, 4.69) is 9.97 Å². The van der Waals surface area contributed by atoms with Gasteiger partial charge in [-0.3, -0.25) is 4.79 Å². The molecule has 2 aliphatic heterocycles. The van der Waals surface area contributed by atoms with Gasteiger partial charge in [-0.15, -0.1) is 0 Å². The molecule has 1 unspecified atom stereocenters. The van der Waals surface area contributed by atoms with Gasteiger partial charge in [0.2, 0.25) is 15.9 Å². The third-order valence-electron chi connectivity index (χ3n) is 4.86. The summed E-state index contributed by atoms with van der Waals surface area (Å²) < 4.78 is 25.6. The Bertz CT molecular complexity index is 679. The number of amides is 1. The Labute approximate surface area is 136 Å². The molecule has 7 nitrogen and oxygen atoms in total. The number of hydrogen-bond acceptors (Lipinski definition) is 5. The predicted molar refractivity (Wildman–Crippen MR) is 85.1 cm³/mol. The van der Waals surface area contributed by atoms with Crippen molar-refractivity contribution in [1.29, 1.82) is 0 Å². The molecule has 2 aliphatic rings. The molecule has 1 atom stereocenters. The van der Waals surface area contributed by atoms with Crippen molar-refractivity contribution in [2.24, 2.45) is 0 Å². The average Bonchev–Trinajstić information content (AvgIpc) is 3.13. The van der Waals surface area contributed by atoms with Crippen LogP contribution in [0.15, 0.2) is 18.7 Å². The van der Waals surface area contributed by atoms with E-state index in [0.29, 0.717) is 32.5 Å². The van der Waals surface area contributed by atoms with Crippen molar-refractivity contribution in [2.75, 3.05) is 25.9 Å². The van der Waals surface area contributed by atoms with Gasteiger partial charge in [-0.05, 0) is 31.2 Å². The molecular formula is C15H22N4O3S. The minimum atomic E-state index is -3.22. The third kappa shape index (κ3) is 3.37. The van der Waals surface area contributed by atoms with Crippen LogP contribution in [-0.2, 0) is 21.2 Å². The summed E-state index contributed by atoms with van der Waals surface area (Å²) in [5.74, 6) is 0.0751. The van der Waals surface area contributed by atoms with Crippen molar-refractivity contribution < 1.29 is 13.2 Å². The smallest absolute Gasteiger partial charge is 0.222 e. The molecular weight excluding hydrogens is 316 g/mol. The van der Waals surface area contributed by atoms with E-state index in [-0.39, 0.29) is 11.4 Å². The first-order valence-electron chi connectivity index (χ1n) is 7.90. The Kier molecular flexibility index (Phi) is 4.37. The van der Waals surface area contributed by atoms with E-state index >= 15 is 0 Å². The minimum absolute atomic E-state index is 0.0751. The van der Waals surface area contributed by atoms with Gasteiger partial charge in [-0.2, -0.15) is 4.31 Å². The largest absolute Gasteiger partial charge is 0.341 e. The molecule has 1 amide bonds. The second kappa shape index (κ2) is 6.16. The lowest BCUT2D eigenvalue weighted by molar-refractivity contribution is -0.130. The topological polar surface area (TPSA) is 83.5 Å². The maximum Gasteiger partial charge on any atom is 0.222 e. The summed E-state index contributed by atoms with van der Waals surface area (Å²) in [6.45, 7) is 1.72. The van der Waals surface area contributed by atoms with Gasteiger partial charge in [0.05, 0.1) is 11.8 Å². The van der Waals surface area contributed by atoms with Crippen LogP contribution in [0.4, 0.5) is 0 Å². The Morgan fingerprint density at radius 1 is 1.26 bits per heavy atom. The SMILES string of the molecule is CS(=O)(=O)N1CCCC12CCN(C(=O)CCc1cncnc1)C2. The van der Waals surface area contributed by atoms with Crippen LogP contribution >= 0.6 is 0 Å². The molecule has 0 bridgehead atoms. The number of carbonyl (C=O) groups excluding carboxylic acids is 1. The molecule has 3 heterocycles. The average molecular weight is 338 g/mol. The van der Waals surface area contributed by atoms with Crippen LogP contribution in [0.2, 0.25) is 0 Å². The molecule has 0 radical (unpaired) electrons. The van der Waals surface area contributed by atoms with Crippen molar-refractivity contribution >= 4 is 15.9 Å². The highest BCUT2D eigenvalue weighted by Gasteiger charge is 2.50. The van der Waals surface area contributed by atoms with Gasteiger partial charge < -0.3 is 4.90 Å². The van der Waals surface area contributed by atoms with E-state index in [0.717, 1.165) is 24.8 Å². The van der Waals surface area contributed by atoms with E-state index in [1.807, 2.05) is 4.90 Å². The predicted octanol–water partition coefficient (Wildman–Crippen LogP) is 0.436. The first-order valence-corrected chi connectivity index (χ1v) is 9.75. The summed E-state index contributed by atoms with van der Waals surface area (Å²) >= 11 is 0. The maximum absolute atomic E-state index is 12.4. The monoisotopic (exact) mass is 338 g/mol. The lowest BCUT2D eigenvalue weighted by Crippen LogP contribution is -2.49. The molecule has 2 saturated heterocycles. The fraction of sp³-hybridized carbons (Fsp3) is 0.667. The zero-order chi connectivity index (χ0) is 16.5. The Hall–Kier alpha value is -1.54. The summed E-state index contributed by atoms with van der Waals surface area (Å²) in [6, 6.07) is 0. The van der Waals surface area contributed by atoms with E-state index in [1.54, 1.807) is 16.7 Å². The van der Waals surface area contributed by atoms with Crippen molar-refractivity contribution in [3.8, 4) is 0 Å². The van der Waals surface area contributed by atoms with Crippen molar-refractivity contribution in [2.45, 2.75) is 37.6 Å². The molecule has 8 heteroatoms. The summed E-state index contributed by atoms with van der Waals surface area (Å²) in [7, 11) is -3.22. The summed E-state index contributed by atoms with van der Waals surface area (Å²) in [5.41, 5.74) is 0.562. The highest BCUT2D eigenvalue weighted by molar-refractivity contribution is 7.88. The molecule has 0 aromatic carbocycles. The van der Waals surface area contributed by atoms with Crippen LogP contribution < -0.4 is 0 Å². The van der Waals surface area contributed by atoms with E-state index in [9.17, 15) is 13.2 Å². The van der Waals surface area contributed by atoms with Crippen molar-refractivity contribution in [3.05, 3.63) is 24.3 Å². The van der Waals surface area contributed by atoms with Gasteiger partial charge in [-0.25, -0.2) is 18.4 Å². The van der Waals surface area contributed by atoms with Crippen LogP contribution in [0.3, 0.4) is 0 Å². The Morgan fingerprint density at radius 2 is 2.00 bits per heavy atom. The van der Waals surface area contributed by atoms with Gasteiger partial charge in [-0.1, -0.05) is 0 Å². The molecule has 2 fully saturated rings. The van der Waals surface area contributed by atoms with Gasteiger partial charge in [0.1, 0.15) is 6.33 Å². The number of nitrogens with zero attached hydrogens (tertiary/aromatic N) is 4. The fourth-order valence-corrected chi connectivity index (χ4v) is 5.18. The third-order valence-corrected chi connectivity index (χ3v) is 6.23. The first kappa shape index (κ1) is 16.3. The summed E-state index contributed by atoms with van der Waals surface area (Å²) in [4.78, 5) is 22.1. The molecule has 0 aliphatic carbocycles. The zero-order valence-electron chi connectivity index (χ0n) is 13.3. The lowest BCUT2D eigenvalue weighted by Gasteiger charge is -2.33. The van der Waals surface area contributed by atoms with Crippen LogP contribution in [0, 0.1) is 0 Å². The standard InChI is InChI=1S/C15H22N4O3S/c1-23(21,22)19-7-2-5-15(19)6-8-18(11-15)14(20)4-3-13-9-16-12-17-10-13/h9-10,12H,2-8,11H2,1H3. The van der Waals surface area contributed by atoms with Crippen molar-refractivity contribution in [1.82, 2.24) is 19.2 Å². The summed E-state index contributed by atoms with van der Waals surface area (Å²) in [5, 5.41) is 0. The Balaban J connectivity index is 1.62. The second-order valence-corrected chi connectivity index (χ2v) is 8.38. The molecule has 1 aromatic rings. The Morgan fingerprint density at radius 3 is 2.70 bits per heavy atom. The normalized spacial score (nSPS) is 25.3. The molecule has 126 valence electrons. The molecule has 23 heavy (non-hydrogen) atoms. The fourth-order valence-electron chi connectivity index (χ4n) is 3.78. The number of aromatic nitrogens is 2. The quantitative estimate of drug-likeness (QED) is 0.795. The van der Waals surface area contributed by atoms with Gasteiger partial charge in [0.25, 0.3) is 0 Å². The number of hydrogen-bond donors (Lipinski definition) is 0. The maximum atomic E-state index is 12.4. The van der Waals surface area contributed by atoms with Crippen LogP contribution in [0.25, 0.3) is 0 Å².